The van der Waals surface area contributed by atoms with Crippen LogP contribution in [0.3, 0.4) is 0 Å². The fraction of sp³-hybridized carbons (Fsp3) is 0. The van der Waals surface area contributed by atoms with Crippen LogP contribution < -0.4 is 5.43 Å². The highest BCUT2D eigenvalue weighted by Crippen LogP contribution is 2.26. The summed E-state index contributed by atoms with van der Waals surface area (Å²) in [7, 11) is 0. The molecule has 19 heavy (non-hydrogen) atoms. The summed E-state index contributed by atoms with van der Waals surface area (Å²) < 4.78 is 0. The van der Waals surface area contributed by atoms with E-state index in [-0.39, 0.29) is 11.4 Å². The maximum absolute atomic E-state index is 10.4. The van der Waals surface area contributed by atoms with Gasteiger partial charge in [-0.2, -0.15) is 5.11 Å². The van der Waals surface area contributed by atoms with Crippen LogP contribution in [0.5, 0.6) is 5.75 Å². The molecule has 0 unspecified atom stereocenters. The van der Waals surface area contributed by atoms with Crippen LogP contribution in [-0.4, -0.2) is 10.1 Å². The smallest absolute Gasteiger partial charge is 0.162 e. The molecule has 0 radical (unpaired) electrons. The van der Waals surface area contributed by atoms with Crippen LogP contribution in [0.2, 0.25) is 0 Å². The van der Waals surface area contributed by atoms with Crippen molar-refractivity contribution in [3.63, 3.8) is 0 Å². The Morgan fingerprint density at radius 2 is 1.74 bits per heavy atom. The molecule has 2 N–H and O–H groups in total. The summed E-state index contributed by atoms with van der Waals surface area (Å²) in [6, 6.07) is 12.6. The van der Waals surface area contributed by atoms with Gasteiger partial charge in [-0.1, -0.05) is 12.1 Å². The second-order valence-corrected chi connectivity index (χ2v) is 3.60. The molecule has 0 amide bonds. The van der Waals surface area contributed by atoms with Crippen LogP contribution in [0.1, 0.15) is 0 Å². The summed E-state index contributed by atoms with van der Waals surface area (Å²) >= 11 is 0. The number of hydrogen-bond donors (Lipinski definition) is 2. The largest absolute Gasteiger partial charge is 0.508 e. The fourth-order valence-electron chi connectivity index (χ4n) is 1.38. The Bertz CT molecular complexity index is 611. The normalized spacial score (nSPS) is 10.5. The number of azo groups is 1. The summed E-state index contributed by atoms with van der Waals surface area (Å²) in [4.78, 5) is 10.4. The van der Waals surface area contributed by atoms with Crippen LogP contribution in [-0.2, 0) is 0 Å². The van der Waals surface area contributed by atoms with Gasteiger partial charge in [-0.15, -0.1) is 10.5 Å². The lowest BCUT2D eigenvalue weighted by Gasteiger charge is -2.00. The van der Waals surface area contributed by atoms with E-state index >= 15 is 0 Å². The van der Waals surface area contributed by atoms with Gasteiger partial charge < -0.3 is 5.11 Å². The average Bonchev–Trinajstić information content (AvgIpc) is 2.39. The van der Waals surface area contributed by atoms with Crippen LogP contribution >= 0.6 is 0 Å². The first kappa shape index (κ1) is 12.5. The number of rotatable bonds is 4. The molecule has 2 aromatic carbocycles. The number of phenolic OH excluding ortho intramolecular Hbond substituents is 1. The molecule has 0 atom stereocenters. The van der Waals surface area contributed by atoms with Gasteiger partial charge in [0, 0.05) is 0 Å². The molecule has 0 spiro atoms. The second-order valence-electron chi connectivity index (χ2n) is 3.60. The molecule has 0 aliphatic carbocycles. The first-order chi connectivity index (χ1) is 9.15. The highest BCUT2D eigenvalue weighted by atomic mass is 16.7. The number of benzene rings is 2. The maximum atomic E-state index is 10.4. The molecule has 0 fully saturated rings. The van der Waals surface area contributed by atoms with E-state index in [0.29, 0.717) is 11.4 Å². The molecule has 7 nitrogen and oxygen atoms in total. The summed E-state index contributed by atoms with van der Waals surface area (Å²) in [5.74, 6) is 0.134. The van der Waals surface area contributed by atoms with Crippen LogP contribution in [0.15, 0.2) is 58.8 Å². The van der Waals surface area contributed by atoms with E-state index in [2.05, 4.69) is 10.2 Å². The molecule has 0 aliphatic rings. The van der Waals surface area contributed by atoms with E-state index in [1.165, 1.54) is 18.2 Å². The van der Waals surface area contributed by atoms with Gasteiger partial charge in [-0.05, 0) is 36.4 Å². The van der Waals surface area contributed by atoms with Crippen molar-refractivity contribution in [1.82, 2.24) is 0 Å². The number of hydrazine groups is 1. The number of anilines is 1. The predicted octanol–water partition coefficient (Wildman–Crippen LogP) is 3.41. The maximum Gasteiger partial charge on any atom is 0.162 e. The Morgan fingerprint density at radius 1 is 1.05 bits per heavy atom. The number of hydrogen-bond acceptors (Lipinski definition) is 5. The highest BCUT2D eigenvalue weighted by molar-refractivity contribution is 5.63. The van der Waals surface area contributed by atoms with Crippen molar-refractivity contribution in [3.05, 3.63) is 58.6 Å². The van der Waals surface area contributed by atoms with Gasteiger partial charge in [0.05, 0.1) is 5.69 Å². The van der Waals surface area contributed by atoms with Crippen molar-refractivity contribution >= 4 is 17.1 Å². The standard InChI is InChI=1S/C12H10N4O3/c17-10-7-5-9(6-8-10)13-14-11-3-1-2-4-12(11)15-16(18)19/h1-8,15,17H. The van der Waals surface area contributed by atoms with Crippen LogP contribution in [0.4, 0.5) is 17.1 Å². The first-order valence-corrected chi connectivity index (χ1v) is 5.36. The topological polar surface area (TPSA) is 100 Å². The Balaban J connectivity index is 2.22. The van der Waals surface area contributed by atoms with E-state index in [0.717, 1.165) is 0 Å². The Morgan fingerprint density at radius 3 is 2.42 bits per heavy atom. The summed E-state index contributed by atoms with van der Waals surface area (Å²) in [5, 5.41) is 26.8. The third-order valence-corrected chi connectivity index (χ3v) is 2.24. The minimum absolute atomic E-state index is 0.134. The first-order valence-electron chi connectivity index (χ1n) is 5.36. The van der Waals surface area contributed by atoms with Crippen molar-refractivity contribution in [2.24, 2.45) is 10.2 Å². The third kappa shape index (κ3) is 3.50. The van der Waals surface area contributed by atoms with Gasteiger partial charge in [0.1, 0.15) is 17.1 Å². The van der Waals surface area contributed by atoms with Crippen LogP contribution in [0, 0.1) is 10.1 Å². The van der Waals surface area contributed by atoms with Crippen molar-refractivity contribution < 1.29 is 10.1 Å². The lowest BCUT2D eigenvalue weighted by atomic mass is 10.3. The van der Waals surface area contributed by atoms with E-state index < -0.39 is 5.03 Å². The zero-order valence-electron chi connectivity index (χ0n) is 9.72. The minimum Gasteiger partial charge on any atom is -0.508 e. The van der Waals surface area contributed by atoms with Gasteiger partial charge >= 0.3 is 0 Å². The number of nitrogens with one attached hydrogen (secondary N) is 1. The molecule has 2 rings (SSSR count). The molecule has 0 aliphatic heterocycles. The van der Waals surface area contributed by atoms with Crippen molar-refractivity contribution in [1.29, 1.82) is 0 Å². The molecule has 7 heteroatoms. The van der Waals surface area contributed by atoms with E-state index in [9.17, 15) is 10.1 Å². The molecular formula is C12H10N4O3. The van der Waals surface area contributed by atoms with Crippen LogP contribution in [0.25, 0.3) is 0 Å². The zero-order valence-corrected chi connectivity index (χ0v) is 9.72. The second kappa shape index (κ2) is 5.58. The monoisotopic (exact) mass is 258 g/mol. The average molecular weight is 258 g/mol. The lowest BCUT2D eigenvalue weighted by Crippen LogP contribution is -2.07. The number of phenols is 1. The lowest BCUT2D eigenvalue weighted by molar-refractivity contribution is -0.445. The molecule has 0 aromatic heterocycles. The predicted molar refractivity (Wildman–Crippen MR) is 69.3 cm³/mol. The van der Waals surface area contributed by atoms with E-state index in [1.54, 1.807) is 30.3 Å². The van der Waals surface area contributed by atoms with Gasteiger partial charge in [0.2, 0.25) is 0 Å². The van der Waals surface area contributed by atoms with Gasteiger partial charge in [-0.3, -0.25) is 0 Å². The number of aromatic hydroxyl groups is 1. The molecular weight excluding hydrogens is 248 g/mol. The van der Waals surface area contributed by atoms with Crippen molar-refractivity contribution in [3.8, 4) is 5.75 Å². The van der Waals surface area contributed by atoms with E-state index in [1.807, 2.05) is 5.43 Å². The molecule has 0 heterocycles. The Kier molecular flexibility index (Phi) is 3.67. The van der Waals surface area contributed by atoms with Gasteiger partial charge in [-0.25, -0.2) is 10.1 Å². The quantitative estimate of drug-likeness (QED) is 0.498. The zero-order chi connectivity index (χ0) is 13.7. The molecule has 2 aromatic rings. The summed E-state index contributed by atoms with van der Waals surface area (Å²) in [6.45, 7) is 0. The molecule has 96 valence electrons. The van der Waals surface area contributed by atoms with Gasteiger partial charge in [0.15, 0.2) is 5.03 Å². The Hall–Kier alpha value is -2.96. The molecule has 0 saturated heterocycles. The van der Waals surface area contributed by atoms with Crippen molar-refractivity contribution in [2.45, 2.75) is 0 Å². The number of para-hydroxylation sites is 1. The molecule has 0 bridgehead atoms. The Labute approximate surface area is 108 Å². The number of nitrogens with zero attached hydrogens (tertiary/aromatic N) is 3. The molecule has 0 saturated carbocycles. The summed E-state index contributed by atoms with van der Waals surface area (Å²) in [6.07, 6.45) is 0. The third-order valence-electron chi connectivity index (χ3n) is 2.24. The highest BCUT2D eigenvalue weighted by Gasteiger charge is 2.05. The van der Waals surface area contributed by atoms with Crippen molar-refractivity contribution in [2.75, 3.05) is 5.43 Å². The SMILES string of the molecule is O=[N+]([O-])Nc1ccccc1N=Nc1ccc(O)cc1. The van der Waals surface area contributed by atoms with Gasteiger partial charge in [0.25, 0.3) is 0 Å². The van der Waals surface area contributed by atoms with E-state index in [4.69, 9.17) is 5.11 Å². The minimum atomic E-state index is -0.658. The summed E-state index contributed by atoms with van der Waals surface area (Å²) in [5.41, 5.74) is 3.20. The fourth-order valence-corrected chi connectivity index (χ4v) is 1.38. The number of nitro groups is 1.